The summed E-state index contributed by atoms with van der Waals surface area (Å²) in [7, 11) is 0. The van der Waals surface area contributed by atoms with Crippen LogP contribution in [0.15, 0.2) is 29.9 Å². The van der Waals surface area contributed by atoms with Gasteiger partial charge in [0.15, 0.2) is 5.13 Å². The maximum absolute atomic E-state index is 5.44. The molecule has 66 valence electrons. The van der Waals surface area contributed by atoms with Gasteiger partial charge in [-0.25, -0.2) is 0 Å². The Labute approximate surface area is 79.0 Å². The lowest BCUT2D eigenvalue weighted by molar-refractivity contribution is 0.465. The Morgan fingerprint density at radius 2 is 2.38 bits per heavy atom. The van der Waals surface area contributed by atoms with Gasteiger partial charge in [0.25, 0.3) is 0 Å². The predicted octanol–water partition coefficient (Wildman–Crippen LogP) is 1.91. The molecule has 2 rings (SSSR count). The summed E-state index contributed by atoms with van der Waals surface area (Å²) in [6.07, 6.45) is 3.30. The Bertz CT molecular complexity index is 387. The topological polar surface area (TPSA) is 61.0 Å². The molecule has 13 heavy (non-hydrogen) atoms. The summed E-state index contributed by atoms with van der Waals surface area (Å²) >= 11 is 1.34. The molecule has 2 heterocycles. The van der Waals surface area contributed by atoms with Gasteiger partial charge in [-0.15, -0.1) is 11.3 Å². The van der Waals surface area contributed by atoms with Crippen molar-refractivity contribution in [3.63, 3.8) is 0 Å². The number of nitrogens with two attached hydrogens (primary N) is 1. The van der Waals surface area contributed by atoms with Crippen molar-refractivity contribution in [1.29, 1.82) is 0 Å². The Hall–Kier alpha value is -1.62. The van der Waals surface area contributed by atoms with E-state index in [0.29, 0.717) is 16.8 Å². The van der Waals surface area contributed by atoms with Crippen molar-refractivity contribution < 1.29 is 4.74 Å². The molecule has 0 unspecified atom stereocenters. The van der Waals surface area contributed by atoms with E-state index in [1.165, 1.54) is 11.3 Å². The van der Waals surface area contributed by atoms with Crippen molar-refractivity contribution in [2.45, 2.75) is 0 Å². The zero-order valence-corrected chi connectivity index (χ0v) is 7.49. The molecule has 0 radical (unpaired) electrons. The molecule has 5 heteroatoms. The molecular weight excluding hydrogens is 186 g/mol. The molecule has 0 aliphatic carbocycles. The average molecular weight is 193 g/mol. The van der Waals surface area contributed by atoms with Crippen LogP contribution in [0.5, 0.6) is 11.6 Å². The molecule has 0 saturated carbocycles. The van der Waals surface area contributed by atoms with E-state index in [1.807, 2.05) is 6.07 Å². The number of hydrogen-bond acceptors (Lipinski definition) is 5. The zero-order valence-electron chi connectivity index (χ0n) is 6.68. The Morgan fingerprint density at radius 3 is 3.00 bits per heavy atom. The third kappa shape index (κ3) is 1.94. The first-order valence-corrected chi connectivity index (χ1v) is 4.51. The lowest BCUT2D eigenvalue weighted by Gasteiger charge is -1.98. The number of thiazole rings is 1. The second-order valence-corrected chi connectivity index (χ2v) is 3.20. The van der Waals surface area contributed by atoms with Crippen LogP contribution in [0.2, 0.25) is 0 Å². The minimum absolute atomic E-state index is 0.499. The first kappa shape index (κ1) is 8.00. The summed E-state index contributed by atoms with van der Waals surface area (Å²) in [4.78, 5) is 7.86. The summed E-state index contributed by atoms with van der Waals surface area (Å²) in [6, 6.07) is 3.60. The molecule has 0 spiro atoms. The molecular formula is C8H7N3OS. The Morgan fingerprint density at radius 1 is 1.46 bits per heavy atom. The second kappa shape index (κ2) is 3.40. The van der Waals surface area contributed by atoms with E-state index in [9.17, 15) is 0 Å². The predicted molar refractivity (Wildman–Crippen MR) is 50.8 cm³/mol. The number of anilines is 1. The van der Waals surface area contributed by atoms with Crippen molar-refractivity contribution in [2.24, 2.45) is 0 Å². The van der Waals surface area contributed by atoms with E-state index < -0.39 is 0 Å². The molecule has 0 amide bonds. The maximum atomic E-state index is 5.44. The van der Waals surface area contributed by atoms with Gasteiger partial charge in [0, 0.05) is 6.20 Å². The van der Waals surface area contributed by atoms with Gasteiger partial charge in [0.1, 0.15) is 5.75 Å². The second-order valence-electron chi connectivity index (χ2n) is 2.31. The molecule has 2 aromatic rings. The number of ether oxygens (including phenoxy) is 1. The molecule has 0 bridgehead atoms. The third-order valence-electron chi connectivity index (χ3n) is 1.36. The number of nitrogens with zero attached hydrogens (tertiary/aromatic N) is 2. The van der Waals surface area contributed by atoms with Gasteiger partial charge in [-0.2, -0.15) is 4.98 Å². The van der Waals surface area contributed by atoms with Crippen LogP contribution in [0.1, 0.15) is 0 Å². The van der Waals surface area contributed by atoms with Crippen molar-refractivity contribution >= 4 is 16.5 Å². The average Bonchev–Trinajstić information content (AvgIpc) is 2.53. The molecule has 0 atom stereocenters. The fraction of sp³-hybridized carbons (Fsp3) is 0. The van der Waals surface area contributed by atoms with Crippen molar-refractivity contribution in [2.75, 3.05) is 5.73 Å². The quantitative estimate of drug-likeness (QED) is 0.791. The Kier molecular flexibility index (Phi) is 2.09. The SMILES string of the molecule is Nc1nc(Oc2cccnc2)cs1. The normalized spacial score (nSPS) is 9.85. The minimum atomic E-state index is 0.499. The van der Waals surface area contributed by atoms with Crippen LogP contribution in [-0.2, 0) is 0 Å². The van der Waals surface area contributed by atoms with Gasteiger partial charge < -0.3 is 10.5 Å². The van der Waals surface area contributed by atoms with Crippen LogP contribution in [0.3, 0.4) is 0 Å². The lowest BCUT2D eigenvalue weighted by Crippen LogP contribution is -1.86. The van der Waals surface area contributed by atoms with E-state index in [1.54, 1.807) is 23.8 Å². The monoisotopic (exact) mass is 193 g/mol. The van der Waals surface area contributed by atoms with Crippen molar-refractivity contribution in [3.8, 4) is 11.6 Å². The third-order valence-corrected chi connectivity index (χ3v) is 2.01. The first-order chi connectivity index (χ1) is 6.34. The smallest absolute Gasteiger partial charge is 0.232 e. The van der Waals surface area contributed by atoms with Gasteiger partial charge in [0.2, 0.25) is 5.88 Å². The number of aromatic nitrogens is 2. The molecule has 4 nitrogen and oxygen atoms in total. The van der Waals surface area contributed by atoms with E-state index in [-0.39, 0.29) is 0 Å². The molecule has 2 aromatic heterocycles. The summed E-state index contributed by atoms with van der Waals surface area (Å²) < 4.78 is 5.36. The van der Waals surface area contributed by atoms with Crippen LogP contribution < -0.4 is 10.5 Å². The number of hydrogen-bond donors (Lipinski definition) is 1. The molecule has 0 saturated heterocycles. The summed E-state index contributed by atoms with van der Waals surface area (Å²) in [5, 5.41) is 2.25. The zero-order chi connectivity index (χ0) is 9.10. The Balaban J connectivity index is 2.15. The van der Waals surface area contributed by atoms with Crippen LogP contribution >= 0.6 is 11.3 Å². The van der Waals surface area contributed by atoms with Gasteiger partial charge in [0.05, 0.1) is 11.6 Å². The highest BCUT2D eigenvalue weighted by Crippen LogP contribution is 2.23. The van der Waals surface area contributed by atoms with Crippen LogP contribution in [0.25, 0.3) is 0 Å². The minimum Gasteiger partial charge on any atom is -0.436 e. The maximum Gasteiger partial charge on any atom is 0.232 e. The summed E-state index contributed by atoms with van der Waals surface area (Å²) in [6.45, 7) is 0. The van der Waals surface area contributed by atoms with E-state index in [4.69, 9.17) is 10.5 Å². The van der Waals surface area contributed by atoms with E-state index in [0.717, 1.165) is 0 Å². The van der Waals surface area contributed by atoms with Crippen LogP contribution in [0, 0.1) is 0 Å². The van der Waals surface area contributed by atoms with Crippen molar-refractivity contribution in [3.05, 3.63) is 29.9 Å². The largest absolute Gasteiger partial charge is 0.436 e. The fourth-order valence-corrected chi connectivity index (χ4v) is 1.31. The molecule has 0 aliphatic heterocycles. The summed E-state index contributed by atoms with van der Waals surface area (Å²) in [5.41, 5.74) is 5.44. The molecule has 2 N–H and O–H groups in total. The lowest BCUT2D eigenvalue weighted by atomic mass is 10.5. The van der Waals surface area contributed by atoms with Gasteiger partial charge in [-0.1, -0.05) is 0 Å². The highest BCUT2D eigenvalue weighted by atomic mass is 32.1. The van der Waals surface area contributed by atoms with Gasteiger partial charge >= 0.3 is 0 Å². The summed E-state index contributed by atoms with van der Waals surface area (Å²) in [5.74, 6) is 1.17. The van der Waals surface area contributed by atoms with Gasteiger partial charge in [-0.05, 0) is 12.1 Å². The molecule has 0 aromatic carbocycles. The van der Waals surface area contributed by atoms with Crippen molar-refractivity contribution in [1.82, 2.24) is 9.97 Å². The standard InChI is InChI=1S/C8H7N3OS/c9-8-11-7(5-13-8)12-6-2-1-3-10-4-6/h1-5H,(H2,9,11). The molecule has 0 fully saturated rings. The molecule has 0 aliphatic rings. The van der Waals surface area contributed by atoms with E-state index in [2.05, 4.69) is 9.97 Å². The number of pyridine rings is 1. The number of rotatable bonds is 2. The van der Waals surface area contributed by atoms with Gasteiger partial charge in [-0.3, -0.25) is 4.98 Å². The highest BCUT2D eigenvalue weighted by molar-refractivity contribution is 7.13. The van der Waals surface area contributed by atoms with E-state index >= 15 is 0 Å². The van der Waals surface area contributed by atoms with Crippen LogP contribution in [0.4, 0.5) is 5.13 Å². The van der Waals surface area contributed by atoms with Crippen LogP contribution in [-0.4, -0.2) is 9.97 Å². The number of nitrogen functional groups attached to an aromatic ring is 1. The fourth-order valence-electron chi connectivity index (χ4n) is 0.847. The highest BCUT2D eigenvalue weighted by Gasteiger charge is 2.00. The first-order valence-electron chi connectivity index (χ1n) is 3.63.